The second-order valence-electron chi connectivity index (χ2n) is 4.96. The summed E-state index contributed by atoms with van der Waals surface area (Å²) in [4.78, 5) is 27.0. The number of aromatic nitrogens is 2. The highest BCUT2D eigenvalue weighted by Crippen LogP contribution is 2.20. The molecule has 2 aliphatic rings. The zero-order chi connectivity index (χ0) is 15.5. The Morgan fingerprint density at radius 3 is 3.09 bits per heavy atom. The fourth-order valence-corrected chi connectivity index (χ4v) is 3.41. The summed E-state index contributed by atoms with van der Waals surface area (Å²) in [6.07, 6.45) is 2.21. The number of hydrogen-bond acceptors (Lipinski definition) is 7. The van der Waals surface area contributed by atoms with Gasteiger partial charge in [-0.15, -0.1) is 5.10 Å². The first-order valence-corrected chi connectivity index (χ1v) is 8.22. The molecular formula is C13H14N4O3S2. The third-order valence-electron chi connectivity index (χ3n) is 3.47. The van der Waals surface area contributed by atoms with Gasteiger partial charge in [0.05, 0.1) is 12.3 Å². The summed E-state index contributed by atoms with van der Waals surface area (Å²) in [5, 5.41) is 7.62. The zero-order valence-corrected chi connectivity index (χ0v) is 13.3. The van der Waals surface area contributed by atoms with Crippen LogP contribution in [-0.2, 0) is 9.59 Å². The maximum absolute atomic E-state index is 12.3. The van der Waals surface area contributed by atoms with Crippen LogP contribution in [0.1, 0.15) is 6.42 Å². The molecular weight excluding hydrogens is 324 g/mol. The van der Waals surface area contributed by atoms with Crippen molar-refractivity contribution >= 4 is 40.1 Å². The van der Waals surface area contributed by atoms with Crippen LogP contribution in [0.4, 0.5) is 0 Å². The summed E-state index contributed by atoms with van der Waals surface area (Å²) < 4.78 is 6.17. The van der Waals surface area contributed by atoms with Crippen LogP contribution in [0, 0.1) is 0 Å². The molecule has 7 nitrogen and oxygen atoms in total. The van der Waals surface area contributed by atoms with Crippen LogP contribution in [0.2, 0.25) is 0 Å². The number of carbonyl (C=O) groups excluding carboxylic acids is 2. The molecule has 0 radical (unpaired) electrons. The van der Waals surface area contributed by atoms with Gasteiger partial charge in [-0.25, -0.2) is 0 Å². The van der Waals surface area contributed by atoms with Crippen LogP contribution >= 0.6 is 24.0 Å². The molecule has 2 saturated heterocycles. The largest absolute Gasteiger partial charge is 0.471 e. The van der Waals surface area contributed by atoms with Gasteiger partial charge in [-0.2, -0.15) is 5.10 Å². The maximum atomic E-state index is 12.3. The standard InChI is InChI=1S/C13H14N4O3S2/c18-11(7-17-12(19)8-22-13(17)21)16-5-3-9(6-16)20-10-2-1-4-14-15-10/h1-2,4,9H,3,5-8H2. The number of likely N-dealkylation sites (tertiary alicyclic amines) is 1. The number of carbonyl (C=O) groups is 2. The number of thioether (sulfide) groups is 1. The molecule has 116 valence electrons. The lowest BCUT2D eigenvalue weighted by Gasteiger charge is -2.20. The first-order valence-electron chi connectivity index (χ1n) is 6.83. The molecule has 22 heavy (non-hydrogen) atoms. The number of rotatable bonds is 4. The predicted molar refractivity (Wildman–Crippen MR) is 84.4 cm³/mol. The second kappa shape index (κ2) is 6.57. The lowest BCUT2D eigenvalue weighted by Crippen LogP contribution is -2.41. The smallest absolute Gasteiger partial charge is 0.242 e. The van der Waals surface area contributed by atoms with E-state index in [1.807, 2.05) is 0 Å². The van der Waals surface area contributed by atoms with Gasteiger partial charge in [0.25, 0.3) is 0 Å². The van der Waals surface area contributed by atoms with Crippen LogP contribution in [-0.4, -0.2) is 67.6 Å². The molecule has 2 aliphatic heterocycles. The van der Waals surface area contributed by atoms with Gasteiger partial charge in [-0.1, -0.05) is 24.0 Å². The Morgan fingerprint density at radius 1 is 1.55 bits per heavy atom. The molecule has 0 N–H and O–H groups in total. The van der Waals surface area contributed by atoms with Gasteiger partial charge in [0.15, 0.2) is 0 Å². The van der Waals surface area contributed by atoms with Gasteiger partial charge in [0, 0.05) is 25.2 Å². The highest BCUT2D eigenvalue weighted by atomic mass is 32.2. The van der Waals surface area contributed by atoms with E-state index in [2.05, 4.69) is 10.2 Å². The molecule has 2 amide bonds. The number of nitrogens with zero attached hydrogens (tertiary/aromatic N) is 4. The summed E-state index contributed by atoms with van der Waals surface area (Å²) >= 11 is 6.38. The summed E-state index contributed by atoms with van der Waals surface area (Å²) in [6, 6.07) is 3.48. The van der Waals surface area contributed by atoms with Crippen molar-refractivity contribution in [1.82, 2.24) is 20.0 Å². The van der Waals surface area contributed by atoms with Gasteiger partial charge in [0.2, 0.25) is 17.7 Å². The molecule has 3 rings (SSSR count). The van der Waals surface area contributed by atoms with Crippen molar-refractivity contribution in [3.8, 4) is 5.88 Å². The molecule has 0 spiro atoms. The Hall–Kier alpha value is -1.74. The fraction of sp³-hybridized carbons (Fsp3) is 0.462. The molecule has 2 fully saturated rings. The molecule has 3 heterocycles. The Labute approximate surface area is 137 Å². The number of amides is 2. The van der Waals surface area contributed by atoms with Gasteiger partial charge in [-0.05, 0) is 6.07 Å². The highest BCUT2D eigenvalue weighted by molar-refractivity contribution is 8.23. The molecule has 1 aromatic rings. The molecule has 0 bridgehead atoms. The number of thiocarbonyl (C=S) groups is 1. The van der Waals surface area contributed by atoms with Crippen molar-refractivity contribution in [2.24, 2.45) is 0 Å². The normalized spacial score (nSPS) is 21.5. The average molecular weight is 338 g/mol. The Balaban J connectivity index is 1.53. The summed E-state index contributed by atoms with van der Waals surface area (Å²) in [6.45, 7) is 1.10. The van der Waals surface area contributed by atoms with E-state index < -0.39 is 0 Å². The summed E-state index contributed by atoms with van der Waals surface area (Å²) in [7, 11) is 0. The van der Waals surface area contributed by atoms with Gasteiger partial charge >= 0.3 is 0 Å². The van der Waals surface area contributed by atoms with Crippen LogP contribution in [0.15, 0.2) is 18.3 Å². The zero-order valence-electron chi connectivity index (χ0n) is 11.7. The topological polar surface area (TPSA) is 75.6 Å². The molecule has 0 aromatic carbocycles. The van der Waals surface area contributed by atoms with Crippen LogP contribution < -0.4 is 4.74 Å². The third-order valence-corrected chi connectivity index (χ3v) is 4.90. The van der Waals surface area contributed by atoms with Crippen LogP contribution in [0.3, 0.4) is 0 Å². The summed E-state index contributed by atoms with van der Waals surface area (Å²) in [5.41, 5.74) is 0. The maximum Gasteiger partial charge on any atom is 0.242 e. The SMILES string of the molecule is O=C(CN1C(=O)CSC1=S)N1CCC(Oc2cccnn2)C1. The van der Waals surface area contributed by atoms with Gasteiger partial charge < -0.3 is 9.64 Å². The molecule has 0 saturated carbocycles. The van der Waals surface area contributed by atoms with Crippen molar-refractivity contribution in [2.75, 3.05) is 25.4 Å². The minimum Gasteiger partial charge on any atom is -0.471 e. The van der Waals surface area contributed by atoms with E-state index in [-0.39, 0.29) is 24.5 Å². The lowest BCUT2D eigenvalue weighted by atomic mass is 10.3. The molecule has 0 aliphatic carbocycles. The number of hydrogen-bond donors (Lipinski definition) is 0. The summed E-state index contributed by atoms with van der Waals surface area (Å²) in [5.74, 6) is 0.567. The van der Waals surface area contributed by atoms with Crippen molar-refractivity contribution in [1.29, 1.82) is 0 Å². The first-order chi connectivity index (χ1) is 10.6. The van der Waals surface area contributed by atoms with Crippen LogP contribution in [0.25, 0.3) is 0 Å². The van der Waals surface area contributed by atoms with E-state index >= 15 is 0 Å². The molecule has 9 heteroatoms. The van der Waals surface area contributed by atoms with Crippen molar-refractivity contribution in [3.63, 3.8) is 0 Å². The predicted octanol–water partition coefficient (Wildman–Crippen LogP) is 0.317. The van der Waals surface area contributed by atoms with E-state index in [1.54, 1.807) is 23.2 Å². The van der Waals surface area contributed by atoms with Gasteiger partial charge in [0.1, 0.15) is 17.0 Å². The average Bonchev–Trinajstić information content (AvgIpc) is 3.10. The van der Waals surface area contributed by atoms with E-state index in [1.165, 1.54) is 16.7 Å². The molecule has 1 atom stereocenters. The molecule has 1 unspecified atom stereocenters. The van der Waals surface area contributed by atoms with Gasteiger partial charge in [-0.3, -0.25) is 14.5 Å². The first kappa shape index (κ1) is 15.2. The minimum atomic E-state index is -0.108. The highest BCUT2D eigenvalue weighted by Gasteiger charge is 2.33. The number of ether oxygens (including phenoxy) is 1. The van der Waals surface area contributed by atoms with E-state index in [4.69, 9.17) is 17.0 Å². The van der Waals surface area contributed by atoms with Crippen molar-refractivity contribution in [2.45, 2.75) is 12.5 Å². The van der Waals surface area contributed by atoms with E-state index in [0.717, 1.165) is 6.42 Å². The Kier molecular flexibility index (Phi) is 4.53. The van der Waals surface area contributed by atoms with Crippen molar-refractivity contribution in [3.05, 3.63) is 18.3 Å². The Bertz CT molecular complexity index is 582. The lowest BCUT2D eigenvalue weighted by molar-refractivity contribution is -0.135. The van der Waals surface area contributed by atoms with E-state index in [9.17, 15) is 9.59 Å². The Morgan fingerprint density at radius 2 is 2.41 bits per heavy atom. The van der Waals surface area contributed by atoms with Crippen LogP contribution in [0.5, 0.6) is 5.88 Å². The second-order valence-corrected chi connectivity index (χ2v) is 6.57. The monoisotopic (exact) mass is 338 g/mol. The third kappa shape index (κ3) is 3.36. The fourth-order valence-electron chi connectivity index (χ4n) is 2.34. The van der Waals surface area contributed by atoms with E-state index in [0.29, 0.717) is 29.0 Å². The quantitative estimate of drug-likeness (QED) is 0.732. The van der Waals surface area contributed by atoms with Crippen molar-refractivity contribution < 1.29 is 14.3 Å². The minimum absolute atomic E-state index is 0.0164. The molecule has 1 aromatic heterocycles.